The smallest absolute Gasteiger partial charge is 0.346 e. The minimum Gasteiger partial charge on any atom is -0.477 e. The predicted molar refractivity (Wildman–Crippen MR) is 70.2 cm³/mol. The molecule has 1 fully saturated rings. The molecule has 6 nitrogen and oxygen atoms in total. The van der Waals surface area contributed by atoms with E-state index in [4.69, 9.17) is 9.84 Å². The highest BCUT2D eigenvalue weighted by Gasteiger charge is 2.25. The molecule has 1 saturated heterocycles. The molecule has 0 saturated carbocycles. The van der Waals surface area contributed by atoms with Gasteiger partial charge in [-0.3, -0.25) is 0 Å². The van der Waals surface area contributed by atoms with E-state index in [0.717, 1.165) is 24.2 Å². The fraction of sp³-hybridized carbons (Fsp3) is 0.545. The van der Waals surface area contributed by atoms with E-state index >= 15 is 0 Å². The molecule has 0 amide bonds. The molecular formula is C11H15NO5S2. The second-order valence-electron chi connectivity index (χ2n) is 4.42. The number of carbonyl (C=O) groups is 1. The number of carboxylic acids is 1. The van der Waals surface area contributed by atoms with Crippen molar-refractivity contribution in [2.45, 2.75) is 30.0 Å². The van der Waals surface area contributed by atoms with Crippen molar-refractivity contribution in [3.63, 3.8) is 0 Å². The number of thiophene rings is 1. The van der Waals surface area contributed by atoms with Crippen LogP contribution in [-0.2, 0) is 14.8 Å². The van der Waals surface area contributed by atoms with E-state index in [2.05, 4.69) is 4.72 Å². The van der Waals surface area contributed by atoms with Gasteiger partial charge in [0.25, 0.3) is 0 Å². The van der Waals surface area contributed by atoms with Gasteiger partial charge in [-0.05, 0) is 31.4 Å². The summed E-state index contributed by atoms with van der Waals surface area (Å²) in [6.07, 6.45) is 1.55. The fourth-order valence-corrected chi connectivity index (χ4v) is 4.56. The van der Waals surface area contributed by atoms with Gasteiger partial charge in [-0.2, -0.15) is 0 Å². The Morgan fingerprint density at radius 1 is 1.58 bits per heavy atom. The van der Waals surface area contributed by atoms with Crippen LogP contribution in [-0.4, -0.2) is 38.7 Å². The highest BCUT2D eigenvalue weighted by atomic mass is 32.2. The number of sulfonamides is 1. The summed E-state index contributed by atoms with van der Waals surface area (Å²) in [6.45, 7) is 2.59. The van der Waals surface area contributed by atoms with Gasteiger partial charge in [-0.25, -0.2) is 17.9 Å². The van der Waals surface area contributed by atoms with E-state index in [1.807, 2.05) is 0 Å². The zero-order valence-corrected chi connectivity index (χ0v) is 12.0. The van der Waals surface area contributed by atoms with E-state index in [1.165, 1.54) is 6.07 Å². The van der Waals surface area contributed by atoms with Crippen LogP contribution in [0.3, 0.4) is 0 Å². The van der Waals surface area contributed by atoms with Crippen molar-refractivity contribution in [1.82, 2.24) is 4.72 Å². The zero-order valence-electron chi connectivity index (χ0n) is 10.4. The SMILES string of the molecule is Cc1cc(S(=O)(=O)NC2CCCOC2)sc1C(=O)O. The minimum atomic E-state index is -3.67. The third kappa shape index (κ3) is 3.33. The molecule has 0 spiro atoms. The maximum Gasteiger partial charge on any atom is 0.346 e. The summed E-state index contributed by atoms with van der Waals surface area (Å²) in [7, 11) is -3.67. The molecule has 0 aromatic carbocycles. The molecule has 2 N–H and O–H groups in total. The minimum absolute atomic E-state index is 0.0352. The van der Waals surface area contributed by atoms with Gasteiger partial charge in [0.2, 0.25) is 10.0 Å². The lowest BCUT2D eigenvalue weighted by Crippen LogP contribution is -2.40. The van der Waals surface area contributed by atoms with Crippen LogP contribution in [0.2, 0.25) is 0 Å². The largest absolute Gasteiger partial charge is 0.477 e. The third-order valence-corrected chi connectivity index (χ3v) is 6.06. The van der Waals surface area contributed by atoms with Crippen LogP contribution >= 0.6 is 11.3 Å². The number of aryl methyl sites for hydroxylation is 1. The normalized spacial score (nSPS) is 20.4. The van der Waals surface area contributed by atoms with Gasteiger partial charge in [0.15, 0.2) is 0 Å². The summed E-state index contributed by atoms with van der Waals surface area (Å²) in [4.78, 5) is 11.0. The number of carboxylic acid groups (broad SMARTS) is 1. The van der Waals surface area contributed by atoms with Gasteiger partial charge < -0.3 is 9.84 Å². The van der Waals surface area contributed by atoms with Gasteiger partial charge in [0, 0.05) is 12.6 Å². The first-order valence-corrected chi connectivity index (χ1v) is 8.14. The topological polar surface area (TPSA) is 92.7 Å². The first-order chi connectivity index (χ1) is 8.90. The molecule has 2 heterocycles. The Morgan fingerprint density at radius 2 is 2.32 bits per heavy atom. The molecule has 0 aliphatic carbocycles. The van der Waals surface area contributed by atoms with Crippen LogP contribution in [0.5, 0.6) is 0 Å². The van der Waals surface area contributed by atoms with Gasteiger partial charge in [-0.15, -0.1) is 11.3 Å². The number of hydrogen-bond acceptors (Lipinski definition) is 5. The van der Waals surface area contributed by atoms with E-state index in [-0.39, 0.29) is 15.1 Å². The Hall–Kier alpha value is -0.960. The molecule has 0 radical (unpaired) electrons. The molecular weight excluding hydrogens is 290 g/mol. The first kappa shape index (κ1) is 14.4. The molecule has 19 heavy (non-hydrogen) atoms. The molecule has 0 bridgehead atoms. The fourth-order valence-electron chi connectivity index (χ4n) is 1.91. The van der Waals surface area contributed by atoms with Crippen molar-refractivity contribution in [3.05, 3.63) is 16.5 Å². The zero-order chi connectivity index (χ0) is 14.0. The van der Waals surface area contributed by atoms with Gasteiger partial charge >= 0.3 is 5.97 Å². The molecule has 1 aliphatic rings. The van der Waals surface area contributed by atoms with E-state index < -0.39 is 16.0 Å². The Kier molecular flexibility index (Phi) is 4.24. The van der Waals surface area contributed by atoms with Crippen LogP contribution in [0.15, 0.2) is 10.3 Å². The number of ether oxygens (including phenoxy) is 1. The van der Waals surface area contributed by atoms with Crippen molar-refractivity contribution in [2.75, 3.05) is 13.2 Å². The van der Waals surface area contributed by atoms with Crippen LogP contribution < -0.4 is 4.72 Å². The monoisotopic (exact) mass is 305 g/mol. The first-order valence-electron chi connectivity index (χ1n) is 5.84. The molecule has 2 rings (SSSR count). The second-order valence-corrected chi connectivity index (χ2v) is 7.41. The van der Waals surface area contributed by atoms with Crippen molar-refractivity contribution in [3.8, 4) is 0 Å². The summed E-state index contributed by atoms with van der Waals surface area (Å²) < 4.78 is 32.1. The molecule has 1 aliphatic heterocycles. The van der Waals surface area contributed by atoms with Gasteiger partial charge in [0.1, 0.15) is 9.09 Å². The lowest BCUT2D eigenvalue weighted by atomic mass is 10.1. The molecule has 106 valence electrons. The highest BCUT2D eigenvalue weighted by Crippen LogP contribution is 2.26. The van der Waals surface area contributed by atoms with Gasteiger partial charge in [0.05, 0.1) is 6.61 Å². The Balaban J connectivity index is 2.19. The lowest BCUT2D eigenvalue weighted by molar-refractivity contribution is 0.0701. The van der Waals surface area contributed by atoms with E-state index in [0.29, 0.717) is 18.8 Å². The van der Waals surface area contributed by atoms with Gasteiger partial charge in [-0.1, -0.05) is 0 Å². The highest BCUT2D eigenvalue weighted by molar-refractivity contribution is 7.91. The van der Waals surface area contributed by atoms with Crippen molar-refractivity contribution in [2.24, 2.45) is 0 Å². The molecule has 1 unspecified atom stereocenters. The predicted octanol–water partition coefficient (Wildman–Crippen LogP) is 1.21. The maximum absolute atomic E-state index is 12.1. The quantitative estimate of drug-likeness (QED) is 0.872. The van der Waals surface area contributed by atoms with Crippen LogP contribution in [0.25, 0.3) is 0 Å². The Bertz CT molecular complexity index is 572. The van der Waals surface area contributed by atoms with Crippen molar-refractivity contribution in [1.29, 1.82) is 0 Å². The molecule has 8 heteroatoms. The Morgan fingerprint density at radius 3 is 2.84 bits per heavy atom. The maximum atomic E-state index is 12.1. The number of rotatable bonds is 4. The summed E-state index contributed by atoms with van der Waals surface area (Å²) >= 11 is 0.772. The molecule has 1 atom stereocenters. The van der Waals surface area contributed by atoms with E-state index in [1.54, 1.807) is 6.92 Å². The lowest BCUT2D eigenvalue weighted by Gasteiger charge is -2.22. The third-order valence-electron chi connectivity index (χ3n) is 2.84. The van der Waals surface area contributed by atoms with Crippen LogP contribution in [0, 0.1) is 6.92 Å². The standard InChI is InChI=1S/C11H15NO5S2/c1-7-5-9(18-10(7)11(13)14)19(15,16)12-8-3-2-4-17-6-8/h5,8,12H,2-4,6H2,1H3,(H,13,14). The molecule has 1 aromatic heterocycles. The Labute approximate surface area is 115 Å². The summed E-state index contributed by atoms with van der Waals surface area (Å²) in [5.41, 5.74) is 0.456. The molecule has 1 aromatic rings. The van der Waals surface area contributed by atoms with Crippen LogP contribution in [0.4, 0.5) is 0 Å². The summed E-state index contributed by atoms with van der Waals surface area (Å²) in [6, 6.07) is 1.15. The van der Waals surface area contributed by atoms with Crippen molar-refractivity contribution < 1.29 is 23.1 Å². The second kappa shape index (κ2) is 5.58. The van der Waals surface area contributed by atoms with Crippen LogP contribution in [0.1, 0.15) is 28.1 Å². The average Bonchev–Trinajstić information content (AvgIpc) is 2.73. The summed E-state index contributed by atoms with van der Waals surface area (Å²) in [5.74, 6) is -1.11. The number of hydrogen-bond donors (Lipinski definition) is 2. The number of nitrogens with one attached hydrogen (secondary N) is 1. The summed E-state index contributed by atoms with van der Waals surface area (Å²) in [5, 5.41) is 8.94. The van der Waals surface area contributed by atoms with E-state index in [9.17, 15) is 13.2 Å². The average molecular weight is 305 g/mol. The van der Waals surface area contributed by atoms with Crippen molar-refractivity contribution >= 4 is 27.3 Å². The number of aromatic carboxylic acids is 1.